The van der Waals surface area contributed by atoms with Gasteiger partial charge in [-0.15, -0.1) is 0 Å². The summed E-state index contributed by atoms with van der Waals surface area (Å²) in [7, 11) is 0. The van der Waals surface area contributed by atoms with Crippen LogP contribution in [0.4, 0.5) is 5.69 Å². The SMILES string of the molecule is CC1CC(C)CN(c2ccc(C(C)O)nc2)C1. The molecule has 1 saturated heterocycles. The first-order chi connectivity index (χ1) is 8.06. The van der Waals surface area contributed by atoms with E-state index in [0.717, 1.165) is 30.6 Å². The van der Waals surface area contributed by atoms with Gasteiger partial charge in [-0.1, -0.05) is 13.8 Å². The minimum atomic E-state index is -0.483. The van der Waals surface area contributed by atoms with Gasteiger partial charge >= 0.3 is 0 Å². The summed E-state index contributed by atoms with van der Waals surface area (Å²) in [5.41, 5.74) is 1.92. The third-order valence-corrected chi connectivity index (χ3v) is 3.43. The molecule has 0 amide bonds. The van der Waals surface area contributed by atoms with Crippen LogP contribution >= 0.6 is 0 Å². The van der Waals surface area contributed by atoms with Crippen LogP contribution in [0.15, 0.2) is 18.3 Å². The van der Waals surface area contributed by atoms with Crippen LogP contribution in [-0.2, 0) is 0 Å². The first-order valence-electron chi connectivity index (χ1n) is 6.45. The molecule has 1 fully saturated rings. The van der Waals surface area contributed by atoms with Gasteiger partial charge in [-0.2, -0.15) is 0 Å². The van der Waals surface area contributed by atoms with E-state index in [2.05, 4.69) is 29.8 Å². The molecule has 3 nitrogen and oxygen atoms in total. The molecule has 0 bridgehead atoms. The molecule has 3 unspecified atom stereocenters. The van der Waals surface area contributed by atoms with E-state index in [1.807, 2.05) is 12.3 Å². The van der Waals surface area contributed by atoms with Crippen molar-refractivity contribution >= 4 is 5.69 Å². The summed E-state index contributed by atoms with van der Waals surface area (Å²) in [4.78, 5) is 6.71. The van der Waals surface area contributed by atoms with Crippen molar-refractivity contribution in [3.05, 3.63) is 24.0 Å². The quantitative estimate of drug-likeness (QED) is 0.854. The predicted molar refractivity (Wildman–Crippen MR) is 70.0 cm³/mol. The molecule has 1 aromatic rings. The molecular formula is C14H22N2O. The fourth-order valence-corrected chi connectivity index (χ4v) is 2.71. The van der Waals surface area contributed by atoms with Crippen LogP contribution in [0.1, 0.15) is 39.0 Å². The molecule has 3 atom stereocenters. The maximum Gasteiger partial charge on any atom is 0.0931 e. The van der Waals surface area contributed by atoms with Crippen molar-refractivity contribution in [3.8, 4) is 0 Å². The van der Waals surface area contributed by atoms with Gasteiger partial charge in [0.05, 0.1) is 23.7 Å². The van der Waals surface area contributed by atoms with Crippen LogP contribution in [0.3, 0.4) is 0 Å². The Bertz CT molecular complexity index is 351. The number of nitrogens with zero attached hydrogens (tertiary/aromatic N) is 2. The Labute approximate surface area is 103 Å². The van der Waals surface area contributed by atoms with Gasteiger partial charge in [-0.25, -0.2) is 0 Å². The lowest BCUT2D eigenvalue weighted by atomic mass is 9.91. The number of hydrogen-bond acceptors (Lipinski definition) is 3. The van der Waals surface area contributed by atoms with E-state index in [4.69, 9.17) is 0 Å². The Kier molecular flexibility index (Phi) is 3.67. The smallest absolute Gasteiger partial charge is 0.0931 e. The minimum Gasteiger partial charge on any atom is -0.387 e. The normalized spacial score (nSPS) is 26.9. The van der Waals surface area contributed by atoms with Crippen LogP contribution in [0.2, 0.25) is 0 Å². The van der Waals surface area contributed by atoms with E-state index in [0.29, 0.717) is 0 Å². The molecule has 17 heavy (non-hydrogen) atoms. The predicted octanol–water partition coefficient (Wildman–Crippen LogP) is 2.62. The largest absolute Gasteiger partial charge is 0.387 e. The summed E-state index contributed by atoms with van der Waals surface area (Å²) in [5, 5.41) is 9.43. The van der Waals surface area contributed by atoms with Crippen LogP contribution < -0.4 is 4.90 Å². The minimum absolute atomic E-state index is 0.483. The summed E-state index contributed by atoms with van der Waals surface area (Å²) < 4.78 is 0. The van der Waals surface area contributed by atoms with E-state index < -0.39 is 6.10 Å². The first-order valence-corrected chi connectivity index (χ1v) is 6.45. The van der Waals surface area contributed by atoms with E-state index in [1.54, 1.807) is 6.92 Å². The third-order valence-electron chi connectivity index (χ3n) is 3.43. The molecule has 1 N–H and O–H groups in total. The fourth-order valence-electron chi connectivity index (χ4n) is 2.71. The van der Waals surface area contributed by atoms with Gasteiger partial charge in [0.2, 0.25) is 0 Å². The van der Waals surface area contributed by atoms with E-state index in [9.17, 15) is 5.11 Å². The lowest BCUT2D eigenvalue weighted by molar-refractivity contribution is 0.194. The standard InChI is InChI=1S/C14H22N2O/c1-10-6-11(2)9-16(8-10)13-4-5-14(12(3)17)15-7-13/h4-5,7,10-12,17H,6,8-9H2,1-3H3. The molecule has 3 heteroatoms. The van der Waals surface area contributed by atoms with Crippen LogP contribution in [-0.4, -0.2) is 23.2 Å². The van der Waals surface area contributed by atoms with Crippen molar-refractivity contribution < 1.29 is 5.11 Å². The summed E-state index contributed by atoms with van der Waals surface area (Å²) in [5.74, 6) is 1.49. The average Bonchev–Trinajstić information content (AvgIpc) is 2.28. The summed E-state index contributed by atoms with van der Waals surface area (Å²) in [6, 6.07) is 3.99. The second-order valence-electron chi connectivity index (χ2n) is 5.47. The number of hydrogen-bond donors (Lipinski definition) is 1. The molecule has 2 heterocycles. The van der Waals surface area contributed by atoms with Crippen molar-refractivity contribution in [2.75, 3.05) is 18.0 Å². The topological polar surface area (TPSA) is 36.4 Å². The molecule has 0 radical (unpaired) electrons. The fraction of sp³-hybridized carbons (Fsp3) is 0.643. The molecule has 0 spiro atoms. The molecule has 1 aliphatic heterocycles. The number of aromatic nitrogens is 1. The van der Waals surface area contributed by atoms with Crippen LogP contribution in [0.5, 0.6) is 0 Å². The Hall–Kier alpha value is -1.09. The molecule has 1 aliphatic rings. The number of pyridine rings is 1. The van der Waals surface area contributed by atoms with Gasteiger partial charge in [-0.05, 0) is 37.3 Å². The van der Waals surface area contributed by atoms with Gasteiger partial charge in [-0.3, -0.25) is 4.98 Å². The Morgan fingerprint density at radius 3 is 2.41 bits per heavy atom. The van der Waals surface area contributed by atoms with Gasteiger partial charge in [0.15, 0.2) is 0 Å². The number of piperidine rings is 1. The summed E-state index contributed by atoms with van der Waals surface area (Å²) in [6.45, 7) is 8.58. The highest BCUT2D eigenvalue weighted by Crippen LogP contribution is 2.26. The molecule has 1 aromatic heterocycles. The van der Waals surface area contributed by atoms with Crippen molar-refractivity contribution in [3.63, 3.8) is 0 Å². The highest BCUT2D eigenvalue weighted by Gasteiger charge is 2.22. The van der Waals surface area contributed by atoms with Gasteiger partial charge < -0.3 is 10.0 Å². The second kappa shape index (κ2) is 5.05. The van der Waals surface area contributed by atoms with Crippen molar-refractivity contribution in [2.24, 2.45) is 11.8 Å². The van der Waals surface area contributed by atoms with Crippen LogP contribution in [0, 0.1) is 11.8 Å². The number of aliphatic hydroxyl groups is 1. The van der Waals surface area contributed by atoms with E-state index >= 15 is 0 Å². The lowest BCUT2D eigenvalue weighted by Gasteiger charge is -2.36. The maximum atomic E-state index is 9.43. The third kappa shape index (κ3) is 2.97. The van der Waals surface area contributed by atoms with Gasteiger partial charge in [0.25, 0.3) is 0 Å². The number of rotatable bonds is 2. The molecule has 2 rings (SSSR count). The highest BCUT2D eigenvalue weighted by molar-refractivity contribution is 5.45. The average molecular weight is 234 g/mol. The molecule has 0 aliphatic carbocycles. The zero-order chi connectivity index (χ0) is 12.4. The van der Waals surface area contributed by atoms with Crippen LogP contribution in [0.25, 0.3) is 0 Å². The van der Waals surface area contributed by atoms with Gasteiger partial charge in [0, 0.05) is 13.1 Å². The van der Waals surface area contributed by atoms with Crippen molar-refractivity contribution in [2.45, 2.75) is 33.3 Å². The number of anilines is 1. The second-order valence-corrected chi connectivity index (χ2v) is 5.47. The van der Waals surface area contributed by atoms with Crippen molar-refractivity contribution in [1.29, 1.82) is 0 Å². The Morgan fingerprint density at radius 1 is 1.29 bits per heavy atom. The summed E-state index contributed by atoms with van der Waals surface area (Å²) >= 11 is 0. The zero-order valence-corrected chi connectivity index (χ0v) is 10.9. The van der Waals surface area contributed by atoms with E-state index in [-0.39, 0.29) is 0 Å². The summed E-state index contributed by atoms with van der Waals surface area (Å²) in [6.07, 6.45) is 2.71. The molecule has 0 saturated carbocycles. The van der Waals surface area contributed by atoms with Crippen molar-refractivity contribution in [1.82, 2.24) is 4.98 Å². The Balaban J connectivity index is 2.11. The molecular weight excluding hydrogens is 212 g/mol. The number of aliphatic hydroxyl groups excluding tert-OH is 1. The first kappa shape index (κ1) is 12.4. The monoisotopic (exact) mass is 234 g/mol. The zero-order valence-electron chi connectivity index (χ0n) is 10.9. The van der Waals surface area contributed by atoms with E-state index in [1.165, 1.54) is 12.1 Å². The molecule has 94 valence electrons. The highest BCUT2D eigenvalue weighted by atomic mass is 16.3. The van der Waals surface area contributed by atoms with Gasteiger partial charge in [0.1, 0.15) is 0 Å². The maximum absolute atomic E-state index is 9.43. The molecule has 0 aromatic carbocycles. The lowest BCUT2D eigenvalue weighted by Crippen LogP contribution is -2.38. The Morgan fingerprint density at radius 2 is 1.94 bits per heavy atom.